The number of carbonyl (C=O) groups is 1. The van der Waals surface area contributed by atoms with Crippen molar-refractivity contribution in [3.63, 3.8) is 0 Å². The van der Waals surface area contributed by atoms with Gasteiger partial charge in [0, 0.05) is 39.4 Å². The van der Waals surface area contributed by atoms with E-state index in [9.17, 15) is 13.2 Å². The number of hydrogen-bond acceptors (Lipinski definition) is 5. The standard InChI is InChI=1S/C12H20N4O4S/c1-4-20-12(17)15-5-7-16(8-6-15)21(18,19)11-9-14(3)13-10(11)2/h9H,4-8H2,1-3H3. The van der Waals surface area contributed by atoms with Crippen molar-refractivity contribution in [1.82, 2.24) is 19.0 Å². The Balaban J connectivity index is 2.08. The van der Waals surface area contributed by atoms with Gasteiger partial charge >= 0.3 is 6.09 Å². The van der Waals surface area contributed by atoms with Crippen LogP contribution in [0.3, 0.4) is 0 Å². The fourth-order valence-corrected chi connectivity index (χ4v) is 3.92. The molecule has 0 unspecified atom stereocenters. The molecule has 0 radical (unpaired) electrons. The molecule has 0 saturated carbocycles. The van der Waals surface area contributed by atoms with E-state index in [2.05, 4.69) is 5.10 Å². The highest BCUT2D eigenvalue weighted by atomic mass is 32.2. The van der Waals surface area contributed by atoms with E-state index in [1.54, 1.807) is 20.9 Å². The smallest absolute Gasteiger partial charge is 0.409 e. The molecule has 2 rings (SSSR count). The molecule has 1 aliphatic rings. The Hall–Kier alpha value is -1.61. The summed E-state index contributed by atoms with van der Waals surface area (Å²) in [4.78, 5) is 13.3. The van der Waals surface area contributed by atoms with Crippen LogP contribution >= 0.6 is 0 Å². The van der Waals surface area contributed by atoms with E-state index in [4.69, 9.17) is 4.74 Å². The summed E-state index contributed by atoms with van der Waals surface area (Å²) in [6.45, 7) is 4.90. The first kappa shape index (κ1) is 15.8. The Kier molecular flexibility index (Phi) is 4.52. The minimum atomic E-state index is -3.56. The highest BCUT2D eigenvalue weighted by Crippen LogP contribution is 2.20. The second-order valence-electron chi connectivity index (χ2n) is 4.84. The van der Waals surface area contributed by atoms with Crippen LogP contribution in [0.4, 0.5) is 4.79 Å². The van der Waals surface area contributed by atoms with Gasteiger partial charge < -0.3 is 9.64 Å². The summed E-state index contributed by atoms with van der Waals surface area (Å²) in [5.74, 6) is 0. The number of rotatable bonds is 3. The van der Waals surface area contributed by atoms with Crippen LogP contribution in [0.5, 0.6) is 0 Å². The lowest BCUT2D eigenvalue weighted by molar-refractivity contribution is 0.0934. The summed E-state index contributed by atoms with van der Waals surface area (Å²) in [5.41, 5.74) is 0.477. The predicted molar refractivity (Wildman–Crippen MR) is 75.3 cm³/mol. The Morgan fingerprint density at radius 2 is 1.95 bits per heavy atom. The van der Waals surface area contributed by atoms with Gasteiger partial charge in [0.25, 0.3) is 0 Å². The molecule has 0 atom stereocenters. The molecular weight excluding hydrogens is 296 g/mol. The van der Waals surface area contributed by atoms with Gasteiger partial charge in [0.15, 0.2) is 0 Å². The van der Waals surface area contributed by atoms with E-state index in [1.807, 2.05) is 0 Å². The van der Waals surface area contributed by atoms with Crippen molar-refractivity contribution in [3.05, 3.63) is 11.9 Å². The van der Waals surface area contributed by atoms with Crippen LogP contribution in [0.1, 0.15) is 12.6 Å². The zero-order chi connectivity index (χ0) is 15.6. The maximum Gasteiger partial charge on any atom is 0.409 e. The molecule has 2 heterocycles. The van der Waals surface area contributed by atoms with Gasteiger partial charge in [-0.3, -0.25) is 4.68 Å². The van der Waals surface area contributed by atoms with Crippen molar-refractivity contribution in [2.24, 2.45) is 7.05 Å². The first-order valence-electron chi connectivity index (χ1n) is 6.78. The van der Waals surface area contributed by atoms with Crippen LogP contribution in [-0.2, 0) is 21.8 Å². The average Bonchev–Trinajstić information content (AvgIpc) is 2.79. The maximum absolute atomic E-state index is 12.6. The van der Waals surface area contributed by atoms with Gasteiger partial charge in [-0.2, -0.15) is 9.40 Å². The molecule has 0 N–H and O–H groups in total. The van der Waals surface area contributed by atoms with Crippen molar-refractivity contribution < 1.29 is 17.9 Å². The van der Waals surface area contributed by atoms with E-state index in [1.165, 1.54) is 20.1 Å². The molecule has 1 saturated heterocycles. The fourth-order valence-electron chi connectivity index (χ4n) is 2.30. The Morgan fingerprint density at radius 1 is 1.33 bits per heavy atom. The molecule has 0 spiro atoms. The van der Waals surface area contributed by atoms with Crippen molar-refractivity contribution in [2.75, 3.05) is 32.8 Å². The van der Waals surface area contributed by atoms with E-state index >= 15 is 0 Å². The van der Waals surface area contributed by atoms with Gasteiger partial charge in [0.1, 0.15) is 4.90 Å². The summed E-state index contributed by atoms with van der Waals surface area (Å²) in [5, 5.41) is 4.07. The third-order valence-corrected chi connectivity index (χ3v) is 5.35. The molecule has 8 nitrogen and oxygen atoms in total. The van der Waals surface area contributed by atoms with E-state index < -0.39 is 16.1 Å². The Morgan fingerprint density at radius 3 is 2.43 bits per heavy atom. The number of aryl methyl sites for hydroxylation is 2. The van der Waals surface area contributed by atoms with Crippen molar-refractivity contribution in [2.45, 2.75) is 18.7 Å². The number of carbonyl (C=O) groups excluding carboxylic acids is 1. The molecule has 1 fully saturated rings. The van der Waals surface area contributed by atoms with Crippen LogP contribution in [0.2, 0.25) is 0 Å². The molecule has 21 heavy (non-hydrogen) atoms. The van der Waals surface area contributed by atoms with Crippen molar-refractivity contribution in [1.29, 1.82) is 0 Å². The minimum absolute atomic E-state index is 0.217. The van der Waals surface area contributed by atoms with Crippen LogP contribution in [0, 0.1) is 6.92 Å². The lowest BCUT2D eigenvalue weighted by atomic mass is 10.4. The van der Waals surface area contributed by atoms with Gasteiger partial charge in [0.05, 0.1) is 12.3 Å². The predicted octanol–water partition coefficient (Wildman–Crippen LogP) is 0.191. The molecule has 1 amide bonds. The molecule has 9 heteroatoms. The zero-order valence-electron chi connectivity index (χ0n) is 12.4. The van der Waals surface area contributed by atoms with E-state index in [0.29, 0.717) is 25.4 Å². The maximum atomic E-state index is 12.6. The lowest BCUT2D eigenvalue weighted by Gasteiger charge is -2.33. The number of hydrogen-bond donors (Lipinski definition) is 0. The normalized spacial score (nSPS) is 17.0. The van der Waals surface area contributed by atoms with Crippen LogP contribution in [-0.4, -0.2) is 66.3 Å². The average molecular weight is 316 g/mol. The molecule has 1 aliphatic heterocycles. The van der Waals surface area contributed by atoms with Crippen LogP contribution in [0.15, 0.2) is 11.1 Å². The van der Waals surface area contributed by atoms with Gasteiger partial charge in [-0.05, 0) is 13.8 Å². The highest BCUT2D eigenvalue weighted by molar-refractivity contribution is 7.89. The van der Waals surface area contributed by atoms with Crippen molar-refractivity contribution in [3.8, 4) is 0 Å². The summed E-state index contributed by atoms with van der Waals surface area (Å²) in [7, 11) is -1.88. The first-order chi connectivity index (χ1) is 9.86. The highest BCUT2D eigenvalue weighted by Gasteiger charge is 2.32. The van der Waals surface area contributed by atoms with Crippen LogP contribution < -0.4 is 0 Å². The Labute approximate surface area is 124 Å². The number of nitrogens with zero attached hydrogens (tertiary/aromatic N) is 4. The number of aromatic nitrogens is 2. The topological polar surface area (TPSA) is 84.7 Å². The quantitative estimate of drug-likeness (QED) is 0.795. The van der Waals surface area contributed by atoms with Gasteiger partial charge in [0.2, 0.25) is 10.0 Å². The number of piperazine rings is 1. The largest absolute Gasteiger partial charge is 0.450 e. The number of sulfonamides is 1. The van der Waals surface area contributed by atoms with Crippen molar-refractivity contribution >= 4 is 16.1 Å². The summed E-state index contributed by atoms with van der Waals surface area (Å²) >= 11 is 0. The monoisotopic (exact) mass is 316 g/mol. The number of amides is 1. The minimum Gasteiger partial charge on any atom is -0.450 e. The molecule has 0 bridgehead atoms. The van der Waals surface area contributed by atoms with E-state index in [0.717, 1.165) is 0 Å². The summed E-state index contributed by atoms with van der Waals surface area (Å²) in [6, 6.07) is 0. The molecule has 0 aromatic carbocycles. The molecule has 1 aromatic heterocycles. The summed E-state index contributed by atoms with van der Waals surface area (Å²) < 4.78 is 32.9. The Bertz CT molecular complexity index is 617. The first-order valence-corrected chi connectivity index (χ1v) is 8.22. The lowest BCUT2D eigenvalue weighted by Crippen LogP contribution is -2.50. The van der Waals surface area contributed by atoms with Gasteiger partial charge in [-0.1, -0.05) is 0 Å². The van der Waals surface area contributed by atoms with Crippen LogP contribution in [0.25, 0.3) is 0 Å². The van der Waals surface area contributed by atoms with Gasteiger partial charge in [-0.15, -0.1) is 0 Å². The number of ether oxygens (including phenoxy) is 1. The summed E-state index contributed by atoms with van der Waals surface area (Å²) in [6.07, 6.45) is 1.11. The SMILES string of the molecule is CCOC(=O)N1CCN(S(=O)(=O)c2cn(C)nc2C)CC1. The van der Waals surface area contributed by atoms with E-state index in [-0.39, 0.29) is 18.0 Å². The third-order valence-electron chi connectivity index (χ3n) is 3.35. The second kappa shape index (κ2) is 6.02. The molecule has 1 aromatic rings. The zero-order valence-corrected chi connectivity index (χ0v) is 13.3. The fraction of sp³-hybridized carbons (Fsp3) is 0.667. The second-order valence-corrected chi connectivity index (χ2v) is 6.75. The third kappa shape index (κ3) is 3.18. The molecular formula is C12H20N4O4S. The van der Waals surface area contributed by atoms with Gasteiger partial charge in [-0.25, -0.2) is 13.2 Å². The molecule has 118 valence electrons. The molecule has 0 aliphatic carbocycles.